The minimum absolute atomic E-state index is 0.0235. The highest BCUT2D eigenvalue weighted by atomic mass is 32.2. The van der Waals surface area contributed by atoms with E-state index in [-0.39, 0.29) is 17.0 Å². The van der Waals surface area contributed by atoms with E-state index in [2.05, 4.69) is 15.4 Å². The lowest BCUT2D eigenvalue weighted by Gasteiger charge is -2.31. The van der Waals surface area contributed by atoms with E-state index in [1.807, 2.05) is 6.92 Å². The van der Waals surface area contributed by atoms with Gasteiger partial charge in [-0.1, -0.05) is 25.8 Å². The Kier molecular flexibility index (Phi) is 7.16. The standard InChI is InChI=1S/C17H24F2N2O3S/c1-3-25(23)15-10-5-4-7-13(15)21-17(22)20-12-8-6-9-14(11(12)2)24-16(18)19/h6,8-9,13,15-16H,3-5,7,10H2,1-2H3,(H2,20,21,22). The van der Waals surface area contributed by atoms with Crippen LogP contribution < -0.4 is 15.4 Å². The quantitative estimate of drug-likeness (QED) is 0.796. The molecule has 1 fully saturated rings. The molecule has 0 aliphatic heterocycles. The second-order valence-electron chi connectivity index (χ2n) is 6.00. The maximum absolute atomic E-state index is 12.4. The Morgan fingerprint density at radius 3 is 2.76 bits per heavy atom. The van der Waals surface area contributed by atoms with Crippen LogP contribution >= 0.6 is 0 Å². The zero-order chi connectivity index (χ0) is 18.4. The topological polar surface area (TPSA) is 67.4 Å². The fourth-order valence-corrected chi connectivity index (χ4v) is 4.52. The van der Waals surface area contributed by atoms with E-state index in [9.17, 15) is 17.8 Å². The zero-order valence-electron chi connectivity index (χ0n) is 14.4. The number of carbonyl (C=O) groups is 1. The van der Waals surface area contributed by atoms with Gasteiger partial charge in [0, 0.05) is 33.8 Å². The molecule has 25 heavy (non-hydrogen) atoms. The summed E-state index contributed by atoms with van der Waals surface area (Å²) < 4.78 is 41.4. The normalized spacial score (nSPS) is 21.6. The van der Waals surface area contributed by atoms with Crippen molar-refractivity contribution in [2.75, 3.05) is 11.1 Å². The van der Waals surface area contributed by atoms with Crippen molar-refractivity contribution in [1.82, 2.24) is 5.32 Å². The van der Waals surface area contributed by atoms with Crippen LogP contribution in [0.15, 0.2) is 18.2 Å². The smallest absolute Gasteiger partial charge is 0.387 e. The number of amides is 2. The molecular formula is C17H24F2N2O3S. The molecule has 3 unspecified atom stereocenters. The van der Waals surface area contributed by atoms with Crippen molar-refractivity contribution >= 4 is 22.5 Å². The van der Waals surface area contributed by atoms with Crippen molar-refractivity contribution < 1.29 is 22.5 Å². The van der Waals surface area contributed by atoms with Gasteiger partial charge in [0.15, 0.2) is 0 Å². The van der Waals surface area contributed by atoms with Crippen LogP contribution in [-0.4, -0.2) is 33.9 Å². The molecule has 8 heteroatoms. The highest BCUT2D eigenvalue weighted by Crippen LogP contribution is 2.27. The SMILES string of the molecule is CCS(=O)C1CCCCC1NC(=O)Nc1cccc(OC(F)F)c1C. The van der Waals surface area contributed by atoms with Crippen molar-refractivity contribution in [3.63, 3.8) is 0 Å². The molecule has 0 aromatic heterocycles. The van der Waals surface area contributed by atoms with Crippen LogP contribution in [0.25, 0.3) is 0 Å². The first kappa shape index (κ1) is 19.6. The van der Waals surface area contributed by atoms with Gasteiger partial charge in [-0.15, -0.1) is 0 Å². The number of hydrogen-bond donors (Lipinski definition) is 2. The number of urea groups is 1. The molecule has 1 aromatic carbocycles. The summed E-state index contributed by atoms with van der Waals surface area (Å²) in [5.41, 5.74) is 0.829. The fraction of sp³-hybridized carbons (Fsp3) is 0.588. The van der Waals surface area contributed by atoms with Gasteiger partial charge in [0.2, 0.25) is 0 Å². The fourth-order valence-electron chi connectivity index (χ4n) is 3.09. The van der Waals surface area contributed by atoms with Gasteiger partial charge in [-0.25, -0.2) is 4.79 Å². The van der Waals surface area contributed by atoms with E-state index < -0.39 is 23.4 Å². The van der Waals surface area contributed by atoms with Crippen molar-refractivity contribution in [2.24, 2.45) is 0 Å². The van der Waals surface area contributed by atoms with E-state index in [0.717, 1.165) is 25.7 Å². The van der Waals surface area contributed by atoms with Gasteiger partial charge in [-0.05, 0) is 31.9 Å². The molecule has 1 aliphatic rings. The molecule has 0 heterocycles. The van der Waals surface area contributed by atoms with E-state index in [0.29, 0.717) is 17.0 Å². The molecule has 0 radical (unpaired) electrons. The Balaban J connectivity index is 2.03. The van der Waals surface area contributed by atoms with Crippen molar-refractivity contribution in [1.29, 1.82) is 0 Å². The van der Waals surface area contributed by atoms with Gasteiger partial charge in [-0.3, -0.25) is 4.21 Å². The second kappa shape index (κ2) is 9.12. The van der Waals surface area contributed by atoms with Crippen LogP contribution in [-0.2, 0) is 10.8 Å². The molecule has 140 valence electrons. The molecular weight excluding hydrogens is 350 g/mol. The average molecular weight is 374 g/mol. The summed E-state index contributed by atoms with van der Waals surface area (Å²) in [6, 6.07) is 4.01. The first-order chi connectivity index (χ1) is 11.9. The molecule has 1 saturated carbocycles. The first-order valence-electron chi connectivity index (χ1n) is 8.41. The minimum atomic E-state index is -2.92. The third-order valence-corrected chi connectivity index (χ3v) is 6.20. The monoisotopic (exact) mass is 374 g/mol. The number of alkyl halides is 2. The molecule has 0 saturated heterocycles. The summed E-state index contributed by atoms with van der Waals surface area (Å²) in [5, 5.41) is 5.52. The second-order valence-corrected chi connectivity index (χ2v) is 7.95. The Morgan fingerprint density at radius 2 is 2.08 bits per heavy atom. The van der Waals surface area contributed by atoms with Crippen LogP contribution in [0.2, 0.25) is 0 Å². The number of benzene rings is 1. The van der Waals surface area contributed by atoms with Crippen LogP contribution in [0.1, 0.15) is 38.2 Å². The van der Waals surface area contributed by atoms with E-state index in [1.165, 1.54) is 12.1 Å². The lowest BCUT2D eigenvalue weighted by Crippen LogP contribution is -2.48. The van der Waals surface area contributed by atoms with E-state index in [1.54, 1.807) is 13.0 Å². The average Bonchev–Trinajstić information content (AvgIpc) is 2.58. The van der Waals surface area contributed by atoms with Crippen molar-refractivity contribution in [3.8, 4) is 5.75 Å². The highest BCUT2D eigenvalue weighted by molar-refractivity contribution is 7.85. The summed E-state index contributed by atoms with van der Waals surface area (Å²) in [7, 11) is -0.967. The predicted octanol–water partition coefficient (Wildman–Crippen LogP) is 3.80. The first-order valence-corrected chi connectivity index (χ1v) is 9.79. The number of rotatable bonds is 6. The Hall–Kier alpha value is -1.70. The number of anilines is 1. The van der Waals surface area contributed by atoms with Crippen LogP contribution in [0.5, 0.6) is 5.75 Å². The van der Waals surface area contributed by atoms with Gasteiger partial charge in [0.05, 0.1) is 5.25 Å². The summed E-state index contributed by atoms with van der Waals surface area (Å²) in [6.45, 7) is 0.553. The maximum Gasteiger partial charge on any atom is 0.387 e. The zero-order valence-corrected chi connectivity index (χ0v) is 15.2. The Bertz CT molecular complexity index is 628. The van der Waals surface area contributed by atoms with Gasteiger partial charge in [0.1, 0.15) is 5.75 Å². The minimum Gasteiger partial charge on any atom is -0.434 e. The molecule has 0 bridgehead atoms. The van der Waals surface area contributed by atoms with Crippen molar-refractivity contribution in [3.05, 3.63) is 23.8 Å². The van der Waals surface area contributed by atoms with Gasteiger partial charge < -0.3 is 15.4 Å². The predicted molar refractivity (Wildman–Crippen MR) is 94.7 cm³/mol. The largest absolute Gasteiger partial charge is 0.434 e. The van der Waals surface area contributed by atoms with Gasteiger partial charge >= 0.3 is 12.6 Å². The van der Waals surface area contributed by atoms with Crippen LogP contribution in [0.3, 0.4) is 0 Å². The van der Waals surface area contributed by atoms with Crippen LogP contribution in [0, 0.1) is 6.92 Å². The lowest BCUT2D eigenvalue weighted by atomic mass is 9.95. The third-order valence-electron chi connectivity index (χ3n) is 4.39. The van der Waals surface area contributed by atoms with Crippen LogP contribution in [0.4, 0.5) is 19.3 Å². The molecule has 2 N–H and O–H groups in total. The number of carbonyl (C=O) groups excluding carboxylic acids is 1. The molecule has 1 aromatic rings. The summed E-state index contributed by atoms with van der Waals surface area (Å²) in [4.78, 5) is 12.3. The molecule has 0 spiro atoms. The molecule has 1 aliphatic carbocycles. The number of hydrogen-bond acceptors (Lipinski definition) is 3. The summed E-state index contributed by atoms with van der Waals surface area (Å²) in [6.07, 6.45) is 3.63. The Morgan fingerprint density at radius 1 is 1.36 bits per heavy atom. The molecule has 2 amide bonds. The highest BCUT2D eigenvalue weighted by Gasteiger charge is 2.30. The van der Waals surface area contributed by atoms with E-state index >= 15 is 0 Å². The Labute approximate surface area is 149 Å². The third kappa shape index (κ3) is 5.39. The molecule has 5 nitrogen and oxygen atoms in total. The lowest BCUT2D eigenvalue weighted by molar-refractivity contribution is -0.0502. The van der Waals surface area contributed by atoms with E-state index in [4.69, 9.17) is 0 Å². The number of ether oxygens (including phenoxy) is 1. The number of halogens is 2. The maximum atomic E-state index is 12.4. The molecule has 3 atom stereocenters. The summed E-state index contributed by atoms with van der Waals surface area (Å²) in [5.74, 6) is 0.590. The summed E-state index contributed by atoms with van der Waals surface area (Å²) >= 11 is 0. The molecule has 2 rings (SSSR count). The number of nitrogens with one attached hydrogen (secondary N) is 2. The van der Waals surface area contributed by atoms with Crippen molar-refractivity contribution in [2.45, 2.75) is 57.4 Å². The van der Waals surface area contributed by atoms with Gasteiger partial charge in [-0.2, -0.15) is 8.78 Å². The van der Waals surface area contributed by atoms with Gasteiger partial charge in [0.25, 0.3) is 0 Å².